The zero-order chi connectivity index (χ0) is 18.8. The third kappa shape index (κ3) is 3.48. The Morgan fingerprint density at radius 1 is 1.19 bits per heavy atom. The van der Waals surface area contributed by atoms with E-state index in [1.165, 1.54) is 0 Å². The van der Waals surface area contributed by atoms with Gasteiger partial charge < -0.3 is 19.8 Å². The minimum atomic E-state index is -0.201. The molecule has 0 saturated heterocycles. The van der Waals surface area contributed by atoms with E-state index in [0.717, 1.165) is 5.56 Å². The van der Waals surface area contributed by atoms with E-state index in [4.69, 9.17) is 9.47 Å². The summed E-state index contributed by atoms with van der Waals surface area (Å²) < 4.78 is 11.1. The van der Waals surface area contributed by atoms with Gasteiger partial charge in [-0.1, -0.05) is 12.1 Å². The summed E-state index contributed by atoms with van der Waals surface area (Å²) in [5.74, 6) is 1.58. The Balaban J connectivity index is 1.45. The van der Waals surface area contributed by atoms with Crippen molar-refractivity contribution in [3.63, 3.8) is 0 Å². The first-order chi connectivity index (χ1) is 13.1. The molecule has 138 valence electrons. The first-order valence-electron chi connectivity index (χ1n) is 8.78. The summed E-state index contributed by atoms with van der Waals surface area (Å²) in [5.41, 5.74) is 1.82. The van der Waals surface area contributed by atoms with Crippen molar-refractivity contribution in [2.45, 2.75) is 13.3 Å². The Labute approximate surface area is 155 Å². The summed E-state index contributed by atoms with van der Waals surface area (Å²) in [6.07, 6.45) is 0.426. The number of fused-ring (bicyclic) bond motifs is 2. The van der Waals surface area contributed by atoms with Gasteiger partial charge >= 0.3 is 0 Å². The maximum atomic E-state index is 12.5. The molecule has 1 aliphatic rings. The number of hydrogen-bond acceptors (Lipinski definition) is 5. The predicted molar refractivity (Wildman–Crippen MR) is 101 cm³/mol. The van der Waals surface area contributed by atoms with Crippen molar-refractivity contribution in [2.24, 2.45) is 0 Å². The van der Waals surface area contributed by atoms with Crippen LogP contribution in [0.1, 0.15) is 21.7 Å². The lowest BCUT2D eigenvalue weighted by atomic mass is 10.1. The molecule has 1 aromatic heterocycles. The van der Waals surface area contributed by atoms with Crippen molar-refractivity contribution in [3.8, 4) is 11.5 Å². The van der Waals surface area contributed by atoms with Crippen molar-refractivity contribution in [1.82, 2.24) is 15.3 Å². The molecular weight excluding hydrogens is 346 g/mol. The van der Waals surface area contributed by atoms with Gasteiger partial charge in [0.2, 0.25) is 0 Å². The van der Waals surface area contributed by atoms with Crippen LogP contribution in [-0.4, -0.2) is 35.6 Å². The molecule has 1 aliphatic heterocycles. The number of ether oxygens (including phenoxy) is 2. The van der Waals surface area contributed by atoms with Crippen molar-refractivity contribution in [1.29, 1.82) is 0 Å². The molecule has 0 aliphatic carbocycles. The lowest BCUT2D eigenvalue weighted by molar-refractivity contribution is 0.0952. The summed E-state index contributed by atoms with van der Waals surface area (Å²) in [6, 6.07) is 10.7. The summed E-state index contributed by atoms with van der Waals surface area (Å²) in [6.45, 7) is 3.19. The third-order valence-corrected chi connectivity index (χ3v) is 4.44. The lowest BCUT2D eigenvalue weighted by Gasteiger charge is -2.20. The Morgan fingerprint density at radius 3 is 2.74 bits per heavy atom. The highest BCUT2D eigenvalue weighted by Gasteiger charge is 2.17. The summed E-state index contributed by atoms with van der Waals surface area (Å²) in [5, 5.41) is 3.42. The van der Waals surface area contributed by atoms with Crippen LogP contribution in [0, 0.1) is 6.92 Å². The predicted octanol–water partition coefficient (Wildman–Crippen LogP) is 1.98. The van der Waals surface area contributed by atoms with Crippen LogP contribution in [0.4, 0.5) is 0 Å². The number of benzene rings is 2. The molecule has 7 heteroatoms. The number of carbonyl (C=O) groups excluding carboxylic acids is 1. The normalized spacial score (nSPS) is 12.8. The molecule has 0 saturated carbocycles. The first kappa shape index (κ1) is 17.1. The number of nitrogens with zero attached hydrogens (tertiary/aromatic N) is 1. The van der Waals surface area contributed by atoms with Crippen LogP contribution in [0.3, 0.4) is 0 Å². The third-order valence-electron chi connectivity index (χ3n) is 4.44. The van der Waals surface area contributed by atoms with Crippen LogP contribution in [0.5, 0.6) is 11.5 Å². The van der Waals surface area contributed by atoms with E-state index < -0.39 is 0 Å². The fourth-order valence-electron chi connectivity index (χ4n) is 3.08. The molecule has 3 aromatic rings. The number of H-pyrrole nitrogens is 1. The highest BCUT2D eigenvalue weighted by Crippen LogP contribution is 2.32. The number of nitrogens with one attached hydrogen (secondary N) is 2. The largest absolute Gasteiger partial charge is 0.486 e. The average Bonchev–Trinajstić information content (AvgIpc) is 2.67. The van der Waals surface area contributed by atoms with Crippen LogP contribution >= 0.6 is 0 Å². The van der Waals surface area contributed by atoms with Gasteiger partial charge in [0.25, 0.3) is 11.5 Å². The second-order valence-corrected chi connectivity index (χ2v) is 6.35. The quantitative estimate of drug-likeness (QED) is 0.737. The van der Waals surface area contributed by atoms with Gasteiger partial charge in [0.15, 0.2) is 11.5 Å². The number of hydrogen-bond donors (Lipinski definition) is 2. The van der Waals surface area contributed by atoms with Gasteiger partial charge in [0.1, 0.15) is 19.0 Å². The van der Waals surface area contributed by atoms with E-state index in [-0.39, 0.29) is 11.5 Å². The van der Waals surface area contributed by atoms with Crippen LogP contribution in [0.15, 0.2) is 41.2 Å². The maximum Gasteiger partial charge on any atom is 0.258 e. The van der Waals surface area contributed by atoms with E-state index in [9.17, 15) is 9.59 Å². The molecule has 0 spiro atoms. The molecule has 2 aromatic carbocycles. The number of aromatic nitrogens is 2. The first-order valence-corrected chi connectivity index (χ1v) is 8.78. The van der Waals surface area contributed by atoms with E-state index in [1.54, 1.807) is 24.3 Å². The monoisotopic (exact) mass is 365 g/mol. The standard InChI is InChI=1S/C20H19N3O4/c1-12-10-16-17(27-9-8-26-16)11-14(12)19(24)21-7-6-18-22-15-5-3-2-4-13(15)20(25)23-18/h2-5,10-11H,6-9H2,1H3,(H,21,24)(H,22,23,25). The molecule has 4 rings (SSSR count). The molecular formula is C20H19N3O4. The van der Waals surface area contributed by atoms with Crippen molar-refractivity contribution in [2.75, 3.05) is 19.8 Å². The Morgan fingerprint density at radius 2 is 1.93 bits per heavy atom. The molecule has 0 radical (unpaired) electrons. The minimum absolute atomic E-state index is 0.176. The highest BCUT2D eigenvalue weighted by molar-refractivity contribution is 5.96. The van der Waals surface area contributed by atoms with Crippen LogP contribution in [0.2, 0.25) is 0 Å². The molecule has 27 heavy (non-hydrogen) atoms. The molecule has 2 N–H and O–H groups in total. The van der Waals surface area contributed by atoms with E-state index >= 15 is 0 Å². The molecule has 0 unspecified atom stereocenters. The molecule has 0 fully saturated rings. The smallest absolute Gasteiger partial charge is 0.258 e. The zero-order valence-corrected chi connectivity index (χ0v) is 14.9. The van der Waals surface area contributed by atoms with E-state index in [1.807, 2.05) is 19.1 Å². The van der Waals surface area contributed by atoms with Gasteiger partial charge in [-0.3, -0.25) is 9.59 Å². The second-order valence-electron chi connectivity index (χ2n) is 6.35. The summed E-state index contributed by atoms with van der Waals surface area (Å²) >= 11 is 0. The van der Waals surface area contributed by atoms with Gasteiger partial charge in [-0.15, -0.1) is 0 Å². The number of rotatable bonds is 4. The highest BCUT2D eigenvalue weighted by atomic mass is 16.6. The summed E-state index contributed by atoms with van der Waals surface area (Å²) in [7, 11) is 0. The van der Waals surface area contributed by atoms with E-state index in [2.05, 4.69) is 15.3 Å². The lowest BCUT2D eigenvalue weighted by Crippen LogP contribution is -2.28. The Bertz CT molecular complexity index is 1070. The average molecular weight is 365 g/mol. The SMILES string of the molecule is Cc1cc2c(cc1C(=O)NCCc1nc3ccccc3c(=O)[nH]1)OCCO2. The van der Waals surface area contributed by atoms with Crippen molar-refractivity contribution in [3.05, 3.63) is 63.7 Å². The van der Waals surface area contributed by atoms with E-state index in [0.29, 0.717) is 60.0 Å². The van der Waals surface area contributed by atoms with Crippen LogP contribution in [0.25, 0.3) is 10.9 Å². The van der Waals surface area contributed by atoms with Gasteiger partial charge in [-0.2, -0.15) is 0 Å². The second kappa shape index (κ2) is 7.11. The number of amides is 1. The van der Waals surface area contributed by atoms with Crippen LogP contribution < -0.4 is 20.3 Å². The Kier molecular flexibility index (Phi) is 4.50. The van der Waals surface area contributed by atoms with Gasteiger partial charge in [0.05, 0.1) is 10.9 Å². The number of aryl methyl sites for hydroxylation is 1. The van der Waals surface area contributed by atoms with Crippen molar-refractivity contribution < 1.29 is 14.3 Å². The number of para-hydroxylation sites is 1. The topological polar surface area (TPSA) is 93.3 Å². The molecule has 0 atom stereocenters. The van der Waals surface area contributed by atoms with Gasteiger partial charge in [0, 0.05) is 18.5 Å². The van der Waals surface area contributed by atoms with Gasteiger partial charge in [-0.25, -0.2) is 4.98 Å². The fraction of sp³-hybridized carbons (Fsp3) is 0.250. The number of carbonyl (C=O) groups is 1. The molecule has 7 nitrogen and oxygen atoms in total. The van der Waals surface area contributed by atoms with Crippen molar-refractivity contribution >= 4 is 16.8 Å². The Hall–Kier alpha value is -3.35. The number of aromatic amines is 1. The van der Waals surface area contributed by atoms with Gasteiger partial charge in [-0.05, 0) is 36.8 Å². The molecule has 2 heterocycles. The summed E-state index contributed by atoms with van der Waals surface area (Å²) in [4.78, 5) is 31.8. The van der Waals surface area contributed by atoms with Crippen LogP contribution in [-0.2, 0) is 6.42 Å². The molecule has 1 amide bonds. The minimum Gasteiger partial charge on any atom is -0.486 e. The molecule has 0 bridgehead atoms. The fourth-order valence-corrected chi connectivity index (χ4v) is 3.08. The zero-order valence-electron chi connectivity index (χ0n) is 14.9. The maximum absolute atomic E-state index is 12.5.